The summed E-state index contributed by atoms with van der Waals surface area (Å²) >= 11 is 0. The van der Waals surface area contributed by atoms with E-state index in [4.69, 9.17) is 14.2 Å². The molecule has 0 radical (unpaired) electrons. The average Bonchev–Trinajstić information content (AvgIpc) is 3.30. The molecule has 31 heavy (non-hydrogen) atoms. The number of hydrogen-bond donors (Lipinski definition) is 1. The Morgan fingerprint density at radius 2 is 1.71 bits per heavy atom. The monoisotopic (exact) mass is 438 g/mol. The van der Waals surface area contributed by atoms with Gasteiger partial charge < -0.3 is 19.3 Å². The fraction of sp³-hybridized carbons (Fsp3) is 0.920. The van der Waals surface area contributed by atoms with Crippen LogP contribution in [0.25, 0.3) is 0 Å². The molecule has 1 N–H and O–H groups in total. The number of carbonyl (C=O) groups is 2. The van der Waals surface area contributed by atoms with Crippen molar-refractivity contribution >= 4 is 11.9 Å². The molecule has 0 aromatic carbocycles. The molecule has 6 nitrogen and oxygen atoms in total. The Labute approximate surface area is 187 Å². The maximum Gasteiger partial charge on any atom is 0.309 e. The molecule has 3 rings (SSSR count). The van der Waals surface area contributed by atoms with E-state index in [1.165, 1.54) is 0 Å². The van der Waals surface area contributed by atoms with Crippen molar-refractivity contribution in [3.8, 4) is 0 Å². The minimum atomic E-state index is -0.711. The summed E-state index contributed by atoms with van der Waals surface area (Å²) in [6, 6.07) is 0. The van der Waals surface area contributed by atoms with Crippen molar-refractivity contribution in [2.45, 2.75) is 128 Å². The highest BCUT2D eigenvalue weighted by Crippen LogP contribution is 2.52. The molecule has 2 saturated carbocycles. The highest BCUT2D eigenvalue weighted by molar-refractivity contribution is 5.80. The summed E-state index contributed by atoms with van der Waals surface area (Å²) in [4.78, 5) is 25.4. The summed E-state index contributed by atoms with van der Waals surface area (Å²) in [7, 11) is 0. The highest BCUT2D eigenvalue weighted by atomic mass is 16.6. The van der Waals surface area contributed by atoms with Crippen LogP contribution >= 0.6 is 0 Å². The standard InChI is InChI=1S/C25H42O6/c1-16(13-20(26)30-23(4,5)18-9-8-11-24(6,28)15-18)21(27)31-22(2,3)17-10-12-25(7)19(14-17)29-25/h16-19,28H,8-15H2,1-7H3. The molecule has 0 aromatic rings. The first-order chi connectivity index (χ1) is 14.1. The molecule has 2 aliphatic carbocycles. The van der Waals surface area contributed by atoms with Crippen LogP contribution in [-0.2, 0) is 23.8 Å². The molecule has 0 aromatic heterocycles. The SMILES string of the molecule is CC(CC(=O)OC(C)(C)C1CCCC(C)(O)C1)C(=O)OC(C)(C)C1CCC2(C)OC2C1. The maximum absolute atomic E-state index is 12.7. The Hall–Kier alpha value is -1.14. The zero-order chi connectivity index (χ0) is 23.2. The van der Waals surface area contributed by atoms with E-state index in [9.17, 15) is 14.7 Å². The van der Waals surface area contributed by atoms with Gasteiger partial charge in [-0.3, -0.25) is 9.59 Å². The van der Waals surface area contributed by atoms with Gasteiger partial charge in [0.05, 0.1) is 29.6 Å². The first-order valence-electron chi connectivity index (χ1n) is 12.0. The van der Waals surface area contributed by atoms with Crippen LogP contribution < -0.4 is 0 Å². The van der Waals surface area contributed by atoms with Gasteiger partial charge in [-0.05, 0) is 80.1 Å². The zero-order valence-corrected chi connectivity index (χ0v) is 20.5. The lowest BCUT2D eigenvalue weighted by Gasteiger charge is -2.42. The van der Waals surface area contributed by atoms with Crippen molar-refractivity contribution in [3.05, 3.63) is 0 Å². The first kappa shape index (κ1) is 24.5. The van der Waals surface area contributed by atoms with E-state index >= 15 is 0 Å². The minimum absolute atomic E-state index is 0.00404. The lowest BCUT2D eigenvalue weighted by molar-refractivity contribution is -0.176. The number of hydrogen-bond acceptors (Lipinski definition) is 6. The van der Waals surface area contributed by atoms with Gasteiger partial charge in [0.1, 0.15) is 11.2 Å². The van der Waals surface area contributed by atoms with Gasteiger partial charge in [-0.1, -0.05) is 13.3 Å². The predicted molar refractivity (Wildman–Crippen MR) is 117 cm³/mol. The minimum Gasteiger partial charge on any atom is -0.459 e. The number of ether oxygens (including phenoxy) is 3. The molecule has 178 valence electrons. The summed E-state index contributed by atoms with van der Waals surface area (Å²) in [6.07, 6.45) is 6.39. The summed E-state index contributed by atoms with van der Waals surface area (Å²) in [5.74, 6) is -0.956. The summed E-state index contributed by atoms with van der Waals surface area (Å²) < 4.78 is 17.5. The van der Waals surface area contributed by atoms with Crippen LogP contribution in [0.4, 0.5) is 0 Å². The number of esters is 2. The molecule has 0 bridgehead atoms. The average molecular weight is 439 g/mol. The normalized spacial score (nSPS) is 36.8. The van der Waals surface area contributed by atoms with E-state index in [1.54, 1.807) is 6.92 Å². The molecule has 1 aliphatic heterocycles. The number of aliphatic hydroxyl groups is 1. The molecule has 6 unspecified atom stereocenters. The zero-order valence-electron chi connectivity index (χ0n) is 20.5. The number of epoxide rings is 1. The summed E-state index contributed by atoms with van der Waals surface area (Å²) in [5.41, 5.74) is -1.94. The second kappa shape index (κ2) is 8.33. The lowest BCUT2D eigenvalue weighted by atomic mass is 9.72. The van der Waals surface area contributed by atoms with Crippen molar-refractivity contribution in [2.75, 3.05) is 0 Å². The third kappa shape index (κ3) is 5.81. The van der Waals surface area contributed by atoms with Crippen LogP contribution in [0.15, 0.2) is 0 Å². The van der Waals surface area contributed by atoms with E-state index in [0.717, 1.165) is 38.5 Å². The molecule has 6 heteroatoms. The smallest absolute Gasteiger partial charge is 0.309 e. The van der Waals surface area contributed by atoms with Gasteiger partial charge in [0, 0.05) is 11.8 Å². The van der Waals surface area contributed by atoms with Gasteiger partial charge >= 0.3 is 11.9 Å². The van der Waals surface area contributed by atoms with Crippen LogP contribution in [0, 0.1) is 17.8 Å². The Morgan fingerprint density at radius 1 is 1.06 bits per heavy atom. The number of rotatable bonds is 7. The van der Waals surface area contributed by atoms with E-state index < -0.39 is 28.7 Å². The van der Waals surface area contributed by atoms with Crippen molar-refractivity contribution in [1.29, 1.82) is 0 Å². The molecular weight excluding hydrogens is 396 g/mol. The quantitative estimate of drug-likeness (QED) is 0.463. The fourth-order valence-corrected chi connectivity index (χ4v) is 5.53. The van der Waals surface area contributed by atoms with Gasteiger partial charge in [-0.25, -0.2) is 0 Å². The Morgan fingerprint density at radius 3 is 2.32 bits per heavy atom. The van der Waals surface area contributed by atoms with Crippen molar-refractivity contribution in [1.82, 2.24) is 0 Å². The van der Waals surface area contributed by atoms with Gasteiger partial charge in [0.2, 0.25) is 0 Å². The third-order valence-electron chi connectivity index (χ3n) is 8.06. The molecule has 3 fully saturated rings. The third-order valence-corrected chi connectivity index (χ3v) is 8.06. The first-order valence-corrected chi connectivity index (χ1v) is 12.0. The molecule has 0 spiro atoms. The van der Waals surface area contributed by atoms with Gasteiger partial charge in [0.15, 0.2) is 0 Å². The second-order valence-corrected chi connectivity index (χ2v) is 11.9. The molecular formula is C25H42O6. The van der Waals surface area contributed by atoms with E-state index in [-0.39, 0.29) is 35.9 Å². The van der Waals surface area contributed by atoms with E-state index in [0.29, 0.717) is 6.42 Å². The topological polar surface area (TPSA) is 85.4 Å². The largest absolute Gasteiger partial charge is 0.459 e. The maximum atomic E-state index is 12.7. The molecule has 0 amide bonds. The van der Waals surface area contributed by atoms with Crippen LogP contribution in [0.2, 0.25) is 0 Å². The van der Waals surface area contributed by atoms with Crippen LogP contribution in [0.1, 0.15) is 99.8 Å². The highest BCUT2D eigenvalue weighted by Gasteiger charge is 2.57. The Bertz CT molecular complexity index is 696. The molecule has 6 atom stereocenters. The number of fused-ring (bicyclic) bond motifs is 1. The molecule has 1 heterocycles. The summed E-state index contributed by atoms with van der Waals surface area (Å²) in [5, 5.41) is 10.4. The van der Waals surface area contributed by atoms with E-state index in [2.05, 4.69) is 6.92 Å². The summed E-state index contributed by atoms with van der Waals surface area (Å²) in [6.45, 7) is 13.4. The predicted octanol–water partition coefficient (Wildman–Crippen LogP) is 4.56. The molecule has 3 aliphatic rings. The van der Waals surface area contributed by atoms with Crippen LogP contribution in [-0.4, -0.2) is 45.6 Å². The van der Waals surface area contributed by atoms with Crippen molar-refractivity contribution in [2.24, 2.45) is 17.8 Å². The number of carbonyl (C=O) groups excluding carboxylic acids is 2. The Kier molecular flexibility index (Phi) is 6.58. The van der Waals surface area contributed by atoms with Gasteiger partial charge in [0.25, 0.3) is 0 Å². The van der Waals surface area contributed by atoms with Crippen molar-refractivity contribution < 1.29 is 28.9 Å². The van der Waals surface area contributed by atoms with E-state index in [1.807, 2.05) is 34.6 Å². The van der Waals surface area contributed by atoms with Crippen LogP contribution in [0.3, 0.4) is 0 Å². The van der Waals surface area contributed by atoms with Crippen molar-refractivity contribution in [3.63, 3.8) is 0 Å². The fourth-order valence-electron chi connectivity index (χ4n) is 5.53. The van der Waals surface area contributed by atoms with Crippen LogP contribution in [0.5, 0.6) is 0 Å². The second-order valence-electron chi connectivity index (χ2n) is 11.9. The van der Waals surface area contributed by atoms with Gasteiger partial charge in [-0.15, -0.1) is 0 Å². The lowest BCUT2D eigenvalue weighted by Crippen LogP contribution is -2.44. The Balaban J connectivity index is 1.49. The molecule has 1 saturated heterocycles. The van der Waals surface area contributed by atoms with Gasteiger partial charge in [-0.2, -0.15) is 0 Å².